The van der Waals surface area contributed by atoms with Gasteiger partial charge < -0.3 is 10.6 Å². The van der Waals surface area contributed by atoms with Crippen molar-refractivity contribution in [2.45, 2.75) is 25.4 Å². The van der Waals surface area contributed by atoms with E-state index in [0.29, 0.717) is 18.2 Å². The van der Waals surface area contributed by atoms with Gasteiger partial charge in [0.2, 0.25) is 5.91 Å². The Labute approximate surface area is 115 Å². The molecule has 2 aromatic rings. The lowest BCUT2D eigenvalue weighted by molar-refractivity contribution is -0.122. The molecule has 2 aromatic heterocycles. The number of nitrogens with zero attached hydrogens (tertiary/aromatic N) is 3. The standard InChI is InChI=1S/C13H17N5O2/c19-12(15-8-10-4-3-6-14-10)9-18-13(20)17-7-2-1-5-11(17)16-18/h1-2,5,7,10,14H,3-4,6,8-9H2,(H,15,19). The number of hydrogen-bond donors (Lipinski definition) is 2. The monoisotopic (exact) mass is 275 g/mol. The molecule has 20 heavy (non-hydrogen) atoms. The summed E-state index contributed by atoms with van der Waals surface area (Å²) in [7, 11) is 0. The van der Waals surface area contributed by atoms with Gasteiger partial charge in [0.05, 0.1) is 0 Å². The SMILES string of the molecule is O=C(Cn1nc2ccccn2c1=O)NCC1CCCN1. The zero-order valence-corrected chi connectivity index (χ0v) is 11.1. The van der Waals surface area contributed by atoms with Crippen molar-refractivity contribution < 1.29 is 4.79 Å². The summed E-state index contributed by atoms with van der Waals surface area (Å²) in [6.07, 6.45) is 3.86. The molecule has 0 aromatic carbocycles. The second-order valence-electron chi connectivity index (χ2n) is 4.97. The number of nitrogens with one attached hydrogen (secondary N) is 2. The molecule has 7 nitrogen and oxygen atoms in total. The van der Waals surface area contributed by atoms with Crippen molar-refractivity contribution in [3.05, 3.63) is 34.9 Å². The number of fused-ring (bicyclic) bond motifs is 1. The first-order chi connectivity index (χ1) is 9.74. The van der Waals surface area contributed by atoms with Crippen molar-refractivity contribution in [3.8, 4) is 0 Å². The summed E-state index contributed by atoms with van der Waals surface area (Å²) in [5, 5.41) is 10.3. The summed E-state index contributed by atoms with van der Waals surface area (Å²) in [5.41, 5.74) is 0.248. The molecule has 3 heterocycles. The molecule has 106 valence electrons. The van der Waals surface area contributed by atoms with Crippen LogP contribution in [0.2, 0.25) is 0 Å². The summed E-state index contributed by atoms with van der Waals surface area (Å²) in [4.78, 5) is 23.8. The van der Waals surface area contributed by atoms with Crippen LogP contribution in [0.4, 0.5) is 0 Å². The van der Waals surface area contributed by atoms with Gasteiger partial charge in [-0.25, -0.2) is 9.48 Å². The van der Waals surface area contributed by atoms with Gasteiger partial charge >= 0.3 is 5.69 Å². The van der Waals surface area contributed by atoms with E-state index in [9.17, 15) is 9.59 Å². The first kappa shape index (κ1) is 12.9. The highest BCUT2D eigenvalue weighted by Crippen LogP contribution is 2.03. The van der Waals surface area contributed by atoms with Crippen LogP contribution < -0.4 is 16.3 Å². The molecule has 1 aliphatic rings. The van der Waals surface area contributed by atoms with E-state index in [0.717, 1.165) is 19.4 Å². The summed E-state index contributed by atoms with van der Waals surface area (Å²) in [5.74, 6) is -0.191. The van der Waals surface area contributed by atoms with Gasteiger partial charge in [0, 0.05) is 18.8 Å². The fourth-order valence-electron chi connectivity index (χ4n) is 2.43. The van der Waals surface area contributed by atoms with Crippen LogP contribution in [0.25, 0.3) is 5.65 Å². The van der Waals surface area contributed by atoms with Crippen LogP contribution in [0.15, 0.2) is 29.2 Å². The molecule has 0 bridgehead atoms. The minimum absolute atomic E-state index is 0.0484. The van der Waals surface area contributed by atoms with E-state index in [-0.39, 0.29) is 18.1 Å². The molecular formula is C13H17N5O2. The van der Waals surface area contributed by atoms with Gasteiger partial charge in [0.25, 0.3) is 0 Å². The fourth-order valence-corrected chi connectivity index (χ4v) is 2.43. The average Bonchev–Trinajstić information content (AvgIpc) is 3.07. The number of aromatic nitrogens is 3. The Bertz CT molecular complexity index is 669. The van der Waals surface area contributed by atoms with E-state index in [1.54, 1.807) is 24.4 Å². The van der Waals surface area contributed by atoms with Gasteiger partial charge in [-0.1, -0.05) is 6.07 Å². The number of carbonyl (C=O) groups excluding carboxylic acids is 1. The Hall–Kier alpha value is -2.15. The van der Waals surface area contributed by atoms with Crippen LogP contribution in [0.1, 0.15) is 12.8 Å². The van der Waals surface area contributed by atoms with Gasteiger partial charge in [-0.15, -0.1) is 5.10 Å². The van der Waals surface area contributed by atoms with Crippen LogP contribution in [0, 0.1) is 0 Å². The first-order valence-corrected chi connectivity index (χ1v) is 6.78. The molecule has 1 atom stereocenters. The number of carbonyl (C=O) groups is 1. The summed E-state index contributed by atoms with van der Waals surface area (Å²) in [6.45, 7) is 1.56. The van der Waals surface area contributed by atoms with Crippen LogP contribution in [-0.4, -0.2) is 39.2 Å². The van der Waals surface area contributed by atoms with Crippen LogP contribution in [0.3, 0.4) is 0 Å². The topological polar surface area (TPSA) is 80.4 Å². The van der Waals surface area contributed by atoms with E-state index < -0.39 is 0 Å². The third-order valence-electron chi connectivity index (χ3n) is 3.49. The number of pyridine rings is 1. The highest BCUT2D eigenvalue weighted by atomic mass is 16.2. The Balaban J connectivity index is 1.65. The van der Waals surface area contributed by atoms with E-state index in [2.05, 4.69) is 15.7 Å². The van der Waals surface area contributed by atoms with Gasteiger partial charge in [-0.2, -0.15) is 0 Å². The third kappa shape index (κ3) is 2.57. The fraction of sp³-hybridized carbons (Fsp3) is 0.462. The number of rotatable bonds is 4. The molecule has 1 saturated heterocycles. The second-order valence-corrected chi connectivity index (χ2v) is 4.97. The lowest BCUT2D eigenvalue weighted by atomic mass is 10.2. The number of hydrogen-bond acceptors (Lipinski definition) is 4. The summed E-state index contributed by atoms with van der Waals surface area (Å²) in [6, 6.07) is 5.64. The van der Waals surface area contributed by atoms with Gasteiger partial charge in [-0.05, 0) is 31.5 Å². The minimum atomic E-state index is -0.297. The van der Waals surface area contributed by atoms with E-state index in [4.69, 9.17) is 0 Å². The molecule has 0 saturated carbocycles. The smallest absolute Gasteiger partial charge is 0.350 e. The first-order valence-electron chi connectivity index (χ1n) is 6.78. The third-order valence-corrected chi connectivity index (χ3v) is 3.49. The van der Waals surface area contributed by atoms with Gasteiger partial charge in [0.15, 0.2) is 5.65 Å². The molecule has 1 amide bonds. The van der Waals surface area contributed by atoms with E-state index in [1.807, 2.05) is 0 Å². The zero-order valence-electron chi connectivity index (χ0n) is 11.1. The largest absolute Gasteiger partial charge is 0.353 e. The van der Waals surface area contributed by atoms with Crippen LogP contribution in [0.5, 0.6) is 0 Å². The van der Waals surface area contributed by atoms with E-state index in [1.165, 1.54) is 9.08 Å². The maximum atomic E-state index is 12.0. The predicted octanol–water partition coefficient (Wildman–Crippen LogP) is -0.636. The van der Waals surface area contributed by atoms with E-state index >= 15 is 0 Å². The van der Waals surface area contributed by atoms with Crippen molar-refractivity contribution in [1.82, 2.24) is 24.8 Å². The molecule has 1 unspecified atom stereocenters. The molecule has 0 radical (unpaired) electrons. The molecular weight excluding hydrogens is 258 g/mol. The Morgan fingerprint density at radius 2 is 2.40 bits per heavy atom. The quantitative estimate of drug-likeness (QED) is 0.778. The minimum Gasteiger partial charge on any atom is -0.353 e. The Morgan fingerprint density at radius 1 is 1.50 bits per heavy atom. The molecule has 7 heteroatoms. The van der Waals surface area contributed by atoms with Crippen molar-refractivity contribution in [1.29, 1.82) is 0 Å². The predicted molar refractivity (Wildman–Crippen MR) is 73.5 cm³/mol. The Morgan fingerprint density at radius 3 is 3.15 bits per heavy atom. The summed E-state index contributed by atoms with van der Waals surface area (Å²) < 4.78 is 2.61. The van der Waals surface area contributed by atoms with Gasteiger partial charge in [0.1, 0.15) is 6.54 Å². The maximum absolute atomic E-state index is 12.0. The molecule has 1 aliphatic heterocycles. The normalized spacial score (nSPS) is 18.5. The van der Waals surface area contributed by atoms with Crippen molar-refractivity contribution >= 4 is 11.6 Å². The lowest BCUT2D eigenvalue weighted by Crippen LogP contribution is -2.40. The molecule has 0 spiro atoms. The molecule has 0 aliphatic carbocycles. The Kier molecular flexibility index (Phi) is 3.51. The second kappa shape index (κ2) is 5.46. The van der Waals surface area contributed by atoms with Crippen LogP contribution in [-0.2, 0) is 11.3 Å². The maximum Gasteiger partial charge on any atom is 0.350 e. The lowest BCUT2D eigenvalue weighted by Gasteiger charge is -2.10. The number of amides is 1. The van der Waals surface area contributed by atoms with Crippen molar-refractivity contribution in [2.75, 3.05) is 13.1 Å². The average molecular weight is 275 g/mol. The van der Waals surface area contributed by atoms with Crippen molar-refractivity contribution in [2.24, 2.45) is 0 Å². The van der Waals surface area contributed by atoms with Gasteiger partial charge in [-0.3, -0.25) is 9.20 Å². The highest BCUT2D eigenvalue weighted by molar-refractivity contribution is 5.75. The molecule has 2 N–H and O–H groups in total. The molecule has 3 rings (SSSR count). The van der Waals surface area contributed by atoms with Crippen molar-refractivity contribution in [3.63, 3.8) is 0 Å². The molecule has 1 fully saturated rings. The highest BCUT2D eigenvalue weighted by Gasteiger charge is 2.15. The zero-order chi connectivity index (χ0) is 13.9. The van der Waals surface area contributed by atoms with Crippen LogP contribution >= 0.6 is 0 Å². The summed E-state index contributed by atoms with van der Waals surface area (Å²) >= 11 is 0.